The second kappa shape index (κ2) is 8.72. The number of rotatable bonds is 5. The number of benzene rings is 1. The number of fused-ring (bicyclic) bond motifs is 2. The summed E-state index contributed by atoms with van der Waals surface area (Å²) >= 11 is 3.58. The standard InChI is InChI=1S/C24H25BrN6O2/c1-13-2-7-19-15(8-13)9-16(10-28-19)18-11-29-31-22(26)21(25)20(30-23(18)31)12-27-17-5-3-14(4-6-17)24(32)33/h2,7-11,14,17,27H,3-6,12,26H2,1H3,(H,32,33). The van der Waals surface area contributed by atoms with Gasteiger partial charge in [-0.3, -0.25) is 9.78 Å². The molecule has 0 spiro atoms. The minimum Gasteiger partial charge on any atom is -0.481 e. The van der Waals surface area contributed by atoms with Gasteiger partial charge in [-0.2, -0.15) is 9.61 Å². The van der Waals surface area contributed by atoms with Gasteiger partial charge in [0.25, 0.3) is 0 Å². The summed E-state index contributed by atoms with van der Waals surface area (Å²) in [6, 6.07) is 8.56. The van der Waals surface area contributed by atoms with Gasteiger partial charge in [0.1, 0.15) is 5.82 Å². The van der Waals surface area contributed by atoms with Gasteiger partial charge in [-0.15, -0.1) is 0 Å². The van der Waals surface area contributed by atoms with Crippen LogP contribution >= 0.6 is 15.9 Å². The zero-order valence-electron chi connectivity index (χ0n) is 18.3. The Morgan fingerprint density at radius 1 is 1.24 bits per heavy atom. The number of nitrogens with zero attached hydrogens (tertiary/aromatic N) is 4. The Morgan fingerprint density at radius 2 is 2.03 bits per heavy atom. The lowest BCUT2D eigenvalue weighted by atomic mass is 9.86. The van der Waals surface area contributed by atoms with Gasteiger partial charge in [0, 0.05) is 35.3 Å². The molecule has 1 fully saturated rings. The van der Waals surface area contributed by atoms with Gasteiger partial charge < -0.3 is 16.2 Å². The number of anilines is 1. The molecule has 0 atom stereocenters. The fourth-order valence-corrected chi connectivity index (χ4v) is 4.94. The molecular weight excluding hydrogens is 484 g/mol. The lowest BCUT2D eigenvalue weighted by molar-refractivity contribution is -0.142. The summed E-state index contributed by atoms with van der Waals surface area (Å²) < 4.78 is 2.35. The number of pyridine rings is 1. The first-order valence-corrected chi connectivity index (χ1v) is 11.8. The van der Waals surface area contributed by atoms with Crippen molar-refractivity contribution in [3.05, 3.63) is 52.4 Å². The van der Waals surface area contributed by atoms with Crippen molar-refractivity contribution in [2.75, 3.05) is 5.73 Å². The molecule has 0 bridgehead atoms. The van der Waals surface area contributed by atoms with Gasteiger partial charge in [0.2, 0.25) is 0 Å². The molecule has 1 saturated carbocycles. The Labute approximate surface area is 199 Å². The summed E-state index contributed by atoms with van der Waals surface area (Å²) in [5, 5.41) is 18.3. The average Bonchev–Trinajstić information content (AvgIpc) is 3.24. The van der Waals surface area contributed by atoms with Crippen molar-refractivity contribution in [1.82, 2.24) is 24.9 Å². The van der Waals surface area contributed by atoms with E-state index in [1.807, 2.05) is 12.3 Å². The monoisotopic (exact) mass is 508 g/mol. The van der Waals surface area contributed by atoms with Crippen LogP contribution in [0.5, 0.6) is 0 Å². The molecule has 4 aromatic rings. The van der Waals surface area contributed by atoms with Crippen molar-refractivity contribution in [3.8, 4) is 11.1 Å². The molecular formula is C24H25BrN6O2. The van der Waals surface area contributed by atoms with Gasteiger partial charge in [0.05, 0.1) is 27.8 Å². The Morgan fingerprint density at radius 3 is 2.79 bits per heavy atom. The maximum atomic E-state index is 11.2. The van der Waals surface area contributed by atoms with Crippen molar-refractivity contribution < 1.29 is 9.90 Å². The molecule has 0 saturated heterocycles. The minimum absolute atomic E-state index is 0.228. The van der Waals surface area contributed by atoms with Gasteiger partial charge in [-0.05, 0) is 66.7 Å². The zero-order valence-corrected chi connectivity index (χ0v) is 19.8. The quantitative estimate of drug-likeness (QED) is 0.367. The third kappa shape index (κ3) is 4.18. The maximum absolute atomic E-state index is 11.2. The van der Waals surface area contributed by atoms with Crippen molar-refractivity contribution in [3.63, 3.8) is 0 Å². The summed E-state index contributed by atoms with van der Waals surface area (Å²) in [6.07, 6.45) is 6.69. The number of nitrogens with one attached hydrogen (secondary N) is 1. The second-order valence-corrected chi connectivity index (χ2v) is 9.53. The summed E-state index contributed by atoms with van der Waals surface area (Å²) in [5.74, 6) is -0.432. The van der Waals surface area contributed by atoms with Crippen LogP contribution in [0.4, 0.5) is 5.82 Å². The zero-order chi connectivity index (χ0) is 23.1. The number of aryl methyl sites for hydroxylation is 1. The fraction of sp³-hybridized carbons (Fsp3) is 0.333. The van der Waals surface area contributed by atoms with E-state index in [0.29, 0.717) is 35.3 Å². The molecule has 0 amide bonds. The van der Waals surface area contributed by atoms with E-state index in [4.69, 9.17) is 10.7 Å². The van der Waals surface area contributed by atoms with Crippen LogP contribution in [-0.2, 0) is 11.3 Å². The van der Waals surface area contributed by atoms with Crippen molar-refractivity contribution >= 4 is 44.3 Å². The number of nitrogen functional groups attached to an aromatic ring is 1. The highest BCUT2D eigenvalue weighted by Crippen LogP contribution is 2.31. The molecule has 4 N–H and O–H groups in total. The van der Waals surface area contributed by atoms with Crippen LogP contribution in [0, 0.1) is 12.8 Å². The number of aromatic nitrogens is 4. The minimum atomic E-state index is -0.692. The molecule has 8 nitrogen and oxygen atoms in total. The highest BCUT2D eigenvalue weighted by molar-refractivity contribution is 9.10. The molecule has 1 aliphatic carbocycles. The van der Waals surface area contributed by atoms with Crippen LogP contribution < -0.4 is 11.1 Å². The molecule has 0 unspecified atom stereocenters. The Balaban J connectivity index is 1.44. The maximum Gasteiger partial charge on any atom is 0.306 e. The van der Waals surface area contributed by atoms with Crippen molar-refractivity contribution in [2.45, 2.75) is 45.2 Å². The molecule has 5 rings (SSSR count). The van der Waals surface area contributed by atoms with E-state index in [2.05, 4.69) is 56.5 Å². The van der Waals surface area contributed by atoms with Gasteiger partial charge in [-0.1, -0.05) is 11.6 Å². The average molecular weight is 509 g/mol. The Kier molecular flexibility index (Phi) is 5.76. The number of carboxylic acids is 1. The van der Waals surface area contributed by atoms with Crippen LogP contribution in [-0.4, -0.2) is 36.7 Å². The smallest absolute Gasteiger partial charge is 0.306 e. The first-order chi connectivity index (χ1) is 15.9. The van der Waals surface area contributed by atoms with Crippen LogP contribution in [0.25, 0.3) is 27.7 Å². The van der Waals surface area contributed by atoms with E-state index in [9.17, 15) is 9.90 Å². The van der Waals surface area contributed by atoms with Crippen LogP contribution in [0.1, 0.15) is 36.9 Å². The molecule has 1 aliphatic rings. The molecule has 9 heteroatoms. The Hall–Kier alpha value is -3.04. The Bertz CT molecular complexity index is 1360. The van der Waals surface area contributed by atoms with E-state index in [1.165, 1.54) is 5.56 Å². The summed E-state index contributed by atoms with van der Waals surface area (Å²) in [7, 11) is 0. The highest BCUT2D eigenvalue weighted by Gasteiger charge is 2.26. The normalized spacial score (nSPS) is 18.7. The predicted octanol–water partition coefficient (Wildman–Crippen LogP) is 4.33. The van der Waals surface area contributed by atoms with E-state index in [-0.39, 0.29) is 12.0 Å². The van der Waals surface area contributed by atoms with Crippen LogP contribution in [0.2, 0.25) is 0 Å². The summed E-state index contributed by atoms with van der Waals surface area (Å²) in [4.78, 5) is 20.7. The van der Waals surface area contributed by atoms with E-state index in [0.717, 1.165) is 40.6 Å². The van der Waals surface area contributed by atoms with Gasteiger partial charge in [-0.25, -0.2) is 4.98 Å². The van der Waals surface area contributed by atoms with Gasteiger partial charge >= 0.3 is 5.97 Å². The third-order valence-corrected chi connectivity index (χ3v) is 7.34. The van der Waals surface area contributed by atoms with E-state index < -0.39 is 5.97 Å². The first kappa shape index (κ1) is 21.8. The number of hydrogen-bond donors (Lipinski definition) is 3. The van der Waals surface area contributed by atoms with Gasteiger partial charge in [0.15, 0.2) is 5.65 Å². The lowest BCUT2D eigenvalue weighted by Gasteiger charge is -2.27. The van der Waals surface area contributed by atoms with E-state index >= 15 is 0 Å². The number of carboxylic acid groups (broad SMARTS) is 1. The highest BCUT2D eigenvalue weighted by atomic mass is 79.9. The summed E-state index contributed by atoms with van der Waals surface area (Å²) in [5.41, 5.74) is 11.8. The van der Waals surface area contributed by atoms with Crippen molar-refractivity contribution in [2.24, 2.45) is 5.92 Å². The molecule has 3 heterocycles. The largest absolute Gasteiger partial charge is 0.481 e. The molecule has 1 aromatic carbocycles. The number of aliphatic carboxylic acids is 1. The third-order valence-electron chi connectivity index (χ3n) is 6.47. The van der Waals surface area contributed by atoms with Crippen LogP contribution in [0.15, 0.2) is 41.1 Å². The number of hydrogen-bond acceptors (Lipinski definition) is 6. The summed E-state index contributed by atoms with van der Waals surface area (Å²) in [6.45, 7) is 2.60. The number of nitrogens with two attached hydrogens (primary N) is 1. The molecule has 0 aliphatic heterocycles. The SMILES string of the molecule is Cc1ccc2ncc(-c3cnn4c(N)c(Br)c(CNC5CCC(C(=O)O)CC5)nc34)cc2c1. The van der Waals surface area contributed by atoms with Crippen LogP contribution in [0.3, 0.4) is 0 Å². The first-order valence-electron chi connectivity index (χ1n) is 11.1. The lowest BCUT2D eigenvalue weighted by Crippen LogP contribution is -2.34. The number of halogens is 1. The fourth-order valence-electron chi connectivity index (χ4n) is 4.55. The number of carbonyl (C=O) groups is 1. The molecule has 3 aromatic heterocycles. The topological polar surface area (TPSA) is 118 Å². The van der Waals surface area contributed by atoms with E-state index in [1.54, 1.807) is 10.7 Å². The second-order valence-electron chi connectivity index (χ2n) is 8.74. The van der Waals surface area contributed by atoms with Crippen molar-refractivity contribution in [1.29, 1.82) is 0 Å². The predicted molar refractivity (Wildman–Crippen MR) is 131 cm³/mol. The molecule has 33 heavy (non-hydrogen) atoms. The molecule has 0 radical (unpaired) electrons. The molecule has 170 valence electrons.